The Bertz CT molecular complexity index is 1260. The number of ether oxygens (including phenoxy) is 1. The first-order valence-corrected chi connectivity index (χ1v) is 9.56. The molecule has 5 rings (SSSR count). The number of rotatable bonds is 2. The van der Waals surface area contributed by atoms with E-state index in [4.69, 9.17) is 4.74 Å². The third-order valence-electron chi connectivity index (χ3n) is 4.77. The maximum Gasteiger partial charge on any atom is 0.274 e. The molecule has 0 N–H and O–H groups in total. The predicted molar refractivity (Wildman–Crippen MR) is 105 cm³/mol. The second-order valence-electron chi connectivity index (χ2n) is 6.44. The van der Waals surface area contributed by atoms with E-state index in [1.807, 2.05) is 35.2 Å². The van der Waals surface area contributed by atoms with Gasteiger partial charge in [0.25, 0.3) is 5.56 Å². The molecule has 1 aliphatic heterocycles. The molecule has 0 radical (unpaired) electrons. The van der Waals surface area contributed by atoms with Gasteiger partial charge in [0.15, 0.2) is 4.96 Å². The molecule has 5 nitrogen and oxygen atoms in total. The Morgan fingerprint density at radius 3 is 2.78 bits per heavy atom. The van der Waals surface area contributed by atoms with Crippen molar-refractivity contribution in [3.63, 3.8) is 0 Å². The summed E-state index contributed by atoms with van der Waals surface area (Å²) in [5, 5.41) is 0. The van der Waals surface area contributed by atoms with E-state index >= 15 is 0 Å². The zero-order chi connectivity index (χ0) is 18.4. The number of aromatic nitrogens is 2. The number of anilines is 1. The Kier molecular flexibility index (Phi) is 3.91. The molecule has 0 saturated carbocycles. The second kappa shape index (κ2) is 6.44. The van der Waals surface area contributed by atoms with Gasteiger partial charge >= 0.3 is 0 Å². The Morgan fingerprint density at radius 2 is 1.96 bits per heavy atom. The van der Waals surface area contributed by atoms with Gasteiger partial charge in [-0.1, -0.05) is 29.5 Å². The number of halogens is 1. The molecule has 0 unspecified atom stereocenters. The number of hydrogen-bond donors (Lipinski definition) is 0. The van der Waals surface area contributed by atoms with Crippen LogP contribution in [0, 0.1) is 5.82 Å². The molecule has 0 bridgehead atoms. The minimum absolute atomic E-state index is 0.124. The molecule has 4 aromatic rings. The maximum atomic E-state index is 14.6. The highest BCUT2D eigenvalue weighted by atomic mass is 32.1. The summed E-state index contributed by atoms with van der Waals surface area (Å²) in [6, 6.07) is 12.6. The van der Waals surface area contributed by atoms with Gasteiger partial charge in [0.1, 0.15) is 5.82 Å². The van der Waals surface area contributed by atoms with Crippen molar-refractivity contribution in [1.82, 2.24) is 9.38 Å². The van der Waals surface area contributed by atoms with Crippen LogP contribution in [0.5, 0.6) is 0 Å². The van der Waals surface area contributed by atoms with Gasteiger partial charge < -0.3 is 9.64 Å². The molecule has 0 aliphatic carbocycles. The van der Waals surface area contributed by atoms with Crippen molar-refractivity contribution in [2.45, 2.75) is 0 Å². The van der Waals surface area contributed by atoms with E-state index in [-0.39, 0.29) is 11.4 Å². The van der Waals surface area contributed by atoms with Crippen molar-refractivity contribution in [2.24, 2.45) is 0 Å². The zero-order valence-electron chi connectivity index (χ0n) is 14.4. The Balaban J connectivity index is 1.57. The van der Waals surface area contributed by atoms with E-state index in [1.165, 1.54) is 17.4 Å². The van der Waals surface area contributed by atoms with Gasteiger partial charge in [-0.15, -0.1) is 0 Å². The molecular formula is C20H16FN3O2S. The predicted octanol–water partition coefficient (Wildman–Crippen LogP) is 2.43. The normalized spacial score (nSPS) is 15.9. The highest BCUT2D eigenvalue weighted by Crippen LogP contribution is 2.22. The lowest BCUT2D eigenvalue weighted by Gasteiger charge is -2.29. The van der Waals surface area contributed by atoms with Crippen LogP contribution in [0.2, 0.25) is 0 Å². The lowest BCUT2D eigenvalue weighted by molar-refractivity contribution is 0.122. The lowest BCUT2D eigenvalue weighted by atomic mass is 10.1. The van der Waals surface area contributed by atoms with Crippen molar-refractivity contribution in [3.8, 4) is 0 Å². The molecule has 0 amide bonds. The zero-order valence-corrected chi connectivity index (χ0v) is 15.2. The van der Waals surface area contributed by atoms with Crippen molar-refractivity contribution in [2.75, 3.05) is 31.2 Å². The van der Waals surface area contributed by atoms with Crippen LogP contribution in [0.4, 0.5) is 10.1 Å². The van der Waals surface area contributed by atoms with Gasteiger partial charge in [-0.05, 0) is 35.9 Å². The number of nitrogens with zero attached hydrogens (tertiary/aromatic N) is 3. The van der Waals surface area contributed by atoms with E-state index in [2.05, 4.69) is 4.98 Å². The number of morpholine rings is 1. The Hall–Kier alpha value is -2.77. The fourth-order valence-corrected chi connectivity index (χ4v) is 4.42. The molecule has 7 heteroatoms. The van der Waals surface area contributed by atoms with E-state index in [1.54, 1.807) is 16.5 Å². The van der Waals surface area contributed by atoms with E-state index < -0.39 is 0 Å². The summed E-state index contributed by atoms with van der Waals surface area (Å²) in [6.45, 7) is 2.57. The SMILES string of the molecule is O=c1/c(=C/c2ccc(N3CCOCC3)c(F)c2)sc2nc3ccccc3n12. The van der Waals surface area contributed by atoms with Gasteiger partial charge in [0.05, 0.1) is 34.5 Å². The smallest absolute Gasteiger partial charge is 0.274 e. The summed E-state index contributed by atoms with van der Waals surface area (Å²) in [7, 11) is 0. The molecule has 0 atom stereocenters. The van der Waals surface area contributed by atoms with E-state index in [9.17, 15) is 9.18 Å². The van der Waals surface area contributed by atoms with Gasteiger partial charge in [-0.25, -0.2) is 13.8 Å². The van der Waals surface area contributed by atoms with Crippen molar-refractivity contribution in [3.05, 3.63) is 68.7 Å². The van der Waals surface area contributed by atoms with Crippen LogP contribution >= 0.6 is 11.3 Å². The minimum atomic E-state index is -0.287. The summed E-state index contributed by atoms with van der Waals surface area (Å²) < 4.78 is 22.1. The molecular weight excluding hydrogens is 365 g/mol. The number of benzene rings is 2. The molecule has 2 aromatic heterocycles. The standard InChI is InChI=1S/C20H16FN3O2S/c21-14-11-13(5-6-16(14)23-7-9-26-10-8-23)12-18-19(25)24-17-4-2-1-3-15(17)22-20(24)27-18/h1-6,11-12H,7-10H2/b18-12-. The topological polar surface area (TPSA) is 46.8 Å². The summed E-state index contributed by atoms with van der Waals surface area (Å²) in [4.78, 5) is 19.9. The van der Waals surface area contributed by atoms with E-state index in [0.29, 0.717) is 47.0 Å². The monoisotopic (exact) mass is 381 g/mol. The fourth-order valence-electron chi connectivity index (χ4n) is 3.44. The fraction of sp³-hybridized carbons (Fsp3) is 0.200. The molecule has 27 heavy (non-hydrogen) atoms. The molecule has 1 aliphatic rings. The van der Waals surface area contributed by atoms with Gasteiger partial charge in [0, 0.05) is 13.1 Å². The first kappa shape index (κ1) is 16.4. The van der Waals surface area contributed by atoms with Crippen molar-refractivity contribution < 1.29 is 9.13 Å². The lowest BCUT2D eigenvalue weighted by Crippen LogP contribution is -2.36. The maximum absolute atomic E-state index is 14.6. The molecule has 0 spiro atoms. The summed E-state index contributed by atoms with van der Waals surface area (Å²) in [5.74, 6) is -0.287. The number of fused-ring (bicyclic) bond motifs is 3. The van der Waals surface area contributed by atoms with Gasteiger partial charge in [-0.3, -0.25) is 4.79 Å². The van der Waals surface area contributed by atoms with Crippen LogP contribution in [0.1, 0.15) is 5.56 Å². The molecule has 3 heterocycles. The summed E-state index contributed by atoms with van der Waals surface area (Å²) in [6.07, 6.45) is 1.72. The highest BCUT2D eigenvalue weighted by Gasteiger charge is 2.15. The van der Waals surface area contributed by atoms with Crippen molar-refractivity contribution in [1.29, 1.82) is 0 Å². The van der Waals surface area contributed by atoms with Crippen LogP contribution in [-0.2, 0) is 4.74 Å². The molecule has 1 saturated heterocycles. The Morgan fingerprint density at radius 1 is 1.15 bits per heavy atom. The summed E-state index contributed by atoms with van der Waals surface area (Å²) in [5.41, 5.74) is 2.71. The van der Waals surface area contributed by atoms with Crippen LogP contribution in [-0.4, -0.2) is 35.7 Å². The van der Waals surface area contributed by atoms with Crippen molar-refractivity contribution >= 4 is 39.1 Å². The molecule has 2 aromatic carbocycles. The van der Waals surface area contributed by atoms with Crippen LogP contribution in [0.3, 0.4) is 0 Å². The van der Waals surface area contributed by atoms with Crippen LogP contribution in [0.15, 0.2) is 47.3 Å². The summed E-state index contributed by atoms with van der Waals surface area (Å²) >= 11 is 1.32. The minimum Gasteiger partial charge on any atom is -0.378 e. The largest absolute Gasteiger partial charge is 0.378 e. The van der Waals surface area contributed by atoms with Crippen LogP contribution < -0.4 is 15.0 Å². The second-order valence-corrected chi connectivity index (χ2v) is 7.45. The first-order valence-electron chi connectivity index (χ1n) is 8.75. The number of hydrogen-bond acceptors (Lipinski definition) is 5. The quantitative estimate of drug-likeness (QED) is 0.535. The average Bonchev–Trinajstić information content (AvgIpc) is 3.19. The number of para-hydroxylation sites is 2. The van der Waals surface area contributed by atoms with Gasteiger partial charge in [-0.2, -0.15) is 0 Å². The van der Waals surface area contributed by atoms with E-state index in [0.717, 1.165) is 11.0 Å². The molecule has 1 fully saturated rings. The highest BCUT2D eigenvalue weighted by molar-refractivity contribution is 7.15. The number of thiazole rings is 1. The number of imidazole rings is 1. The first-order chi connectivity index (χ1) is 13.2. The third-order valence-corrected chi connectivity index (χ3v) is 5.74. The van der Waals surface area contributed by atoms with Gasteiger partial charge in [0.2, 0.25) is 0 Å². The van der Waals surface area contributed by atoms with Crippen LogP contribution in [0.25, 0.3) is 22.1 Å². The third kappa shape index (κ3) is 2.79. The molecule has 136 valence electrons. The average molecular weight is 381 g/mol. The Labute approximate surface area is 157 Å².